The number of sulfonamides is 1. The Morgan fingerprint density at radius 3 is 2.35 bits per heavy atom. The molecule has 31 heavy (non-hydrogen) atoms. The zero-order chi connectivity index (χ0) is 23.2. The van der Waals surface area contributed by atoms with Crippen LogP contribution in [0.5, 0.6) is 0 Å². The number of aliphatic hydroxyl groups excluding tert-OH is 1. The number of benzene rings is 2. The Morgan fingerprint density at radius 1 is 1.10 bits per heavy atom. The van der Waals surface area contributed by atoms with Crippen molar-refractivity contribution in [2.45, 2.75) is 20.6 Å². The molecular formula is C18H15Cl3N2O6S2. The minimum Gasteiger partial charge on any atom is -0.393 e. The number of β-amino-alcohol motifs (C(OH)–C–C–N with tert-alkyl or cyclic N) is 1. The number of nitriles is 1. The van der Waals surface area contributed by atoms with Gasteiger partial charge in [-0.1, -0.05) is 34.8 Å². The molecule has 1 aliphatic heterocycles. The molecule has 2 N–H and O–H groups in total. The minimum atomic E-state index is -4.38. The molecule has 2 aromatic carbocycles. The van der Waals surface area contributed by atoms with E-state index >= 15 is 0 Å². The fourth-order valence-electron chi connectivity index (χ4n) is 3.30. The molecule has 8 nitrogen and oxygen atoms in total. The predicted molar refractivity (Wildman–Crippen MR) is 114 cm³/mol. The number of nitrogens with zero attached hydrogens (tertiary/aromatic N) is 2. The number of aliphatic hydroxyl groups is 2. The fourth-order valence-corrected chi connectivity index (χ4v) is 7.79. The summed E-state index contributed by atoms with van der Waals surface area (Å²) in [5.41, 5.74) is -2.40. The lowest BCUT2D eigenvalue weighted by Gasteiger charge is -2.26. The number of hydrogen-bond acceptors (Lipinski definition) is 7. The first-order valence-corrected chi connectivity index (χ1v) is 12.7. The molecule has 1 fully saturated rings. The molecule has 0 amide bonds. The summed E-state index contributed by atoms with van der Waals surface area (Å²) in [5.74, 6) is 0. The van der Waals surface area contributed by atoms with Gasteiger partial charge in [-0.15, -0.1) is 0 Å². The monoisotopic (exact) mass is 524 g/mol. The number of sulfone groups is 1. The lowest BCUT2D eigenvalue weighted by molar-refractivity contribution is 0.00160. The Hall–Kier alpha value is -1.42. The molecule has 1 saturated heterocycles. The van der Waals surface area contributed by atoms with E-state index < -0.39 is 50.4 Å². The molecule has 1 aliphatic rings. The molecule has 0 spiro atoms. The van der Waals surface area contributed by atoms with Crippen LogP contribution in [0.1, 0.15) is 5.56 Å². The first kappa shape index (κ1) is 24.2. The van der Waals surface area contributed by atoms with Crippen LogP contribution < -0.4 is 0 Å². The molecule has 0 unspecified atom stereocenters. The third-order valence-electron chi connectivity index (χ3n) is 4.97. The lowest BCUT2D eigenvalue weighted by atomic mass is 10.1. The smallest absolute Gasteiger partial charge is 0.244 e. The van der Waals surface area contributed by atoms with Crippen LogP contribution in [0.25, 0.3) is 0 Å². The van der Waals surface area contributed by atoms with Crippen molar-refractivity contribution < 1.29 is 27.0 Å². The van der Waals surface area contributed by atoms with E-state index in [0.717, 1.165) is 22.5 Å². The zero-order valence-electron chi connectivity index (χ0n) is 15.5. The van der Waals surface area contributed by atoms with Crippen molar-refractivity contribution >= 4 is 54.7 Å². The van der Waals surface area contributed by atoms with Crippen LogP contribution >= 0.6 is 34.8 Å². The van der Waals surface area contributed by atoms with E-state index in [9.17, 15) is 27.0 Å². The summed E-state index contributed by atoms with van der Waals surface area (Å²) in [4.78, 5) is -0.663. The second-order valence-electron chi connectivity index (χ2n) is 6.92. The number of rotatable bonds is 5. The molecule has 13 heteroatoms. The first-order valence-electron chi connectivity index (χ1n) is 8.59. The van der Waals surface area contributed by atoms with Crippen LogP contribution in [-0.4, -0.2) is 61.9 Å². The van der Waals surface area contributed by atoms with Gasteiger partial charge in [0, 0.05) is 18.1 Å². The molecule has 166 valence electrons. The van der Waals surface area contributed by atoms with Gasteiger partial charge in [-0.2, -0.15) is 9.57 Å². The van der Waals surface area contributed by atoms with E-state index in [0.29, 0.717) is 0 Å². The van der Waals surface area contributed by atoms with Crippen LogP contribution in [0.15, 0.2) is 46.2 Å². The van der Waals surface area contributed by atoms with Gasteiger partial charge in [0.05, 0.1) is 27.1 Å². The van der Waals surface area contributed by atoms with E-state index in [2.05, 4.69) is 0 Å². The Kier molecular flexibility index (Phi) is 6.64. The van der Waals surface area contributed by atoms with Gasteiger partial charge in [0.2, 0.25) is 10.0 Å². The van der Waals surface area contributed by atoms with Gasteiger partial charge in [-0.3, -0.25) is 0 Å². The third-order valence-corrected chi connectivity index (χ3v) is 10.1. The van der Waals surface area contributed by atoms with E-state index in [1.54, 1.807) is 6.07 Å². The van der Waals surface area contributed by atoms with Gasteiger partial charge in [0.25, 0.3) is 0 Å². The number of hydrogen-bond donors (Lipinski definition) is 2. The second kappa shape index (κ2) is 8.50. The highest BCUT2D eigenvalue weighted by Crippen LogP contribution is 2.37. The summed E-state index contributed by atoms with van der Waals surface area (Å²) in [6, 6.07) is 8.83. The molecule has 0 bridgehead atoms. The average molecular weight is 526 g/mol. The SMILES string of the molecule is N#Cc1cc(S(=O)(=O)[C@H]2CN(S(=O)(=O)c3ccc(Cl)cc3Cl)C[C@@]2(O)CO)ccc1Cl. The van der Waals surface area contributed by atoms with Crippen LogP contribution in [0.3, 0.4) is 0 Å². The van der Waals surface area contributed by atoms with Crippen molar-refractivity contribution in [3.05, 3.63) is 57.0 Å². The van der Waals surface area contributed by atoms with Gasteiger partial charge in [0.1, 0.15) is 21.8 Å². The number of halogens is 3. The lowest BCUT2D eigenvalue weighted by Crippen LogP contribution is -2.49. The van der Waals surface area contributed by atoms with Crippen molar-refractivity contribution in [3.63, 3.8) is 0 Å². The van der Waals surface area contributed by atoms with Crippen LogP contribution in [0.4, 0.5) is 0 Å². The predicted octanol–water partition coefficient (Wildman–Crippen LogP) is 2.09. The molecule has 0 aliphatic carbocycles. The molecule has 0 radical (unpaired) electrons. The standard InChI is InChI=1S/C18H15Cl3N2O6S2/c19-12-1-4-16(15(21)6-12)31(28,29)23-8-17(18(25,9-23)10-24)30(26,27)13-2-3-14(20)11(5-13)7-22/h1-6,17,24-25H,8-10H2/t17-,18+/m0/s1. The maximum Gasteiger partial charge on any atom is 0.244 e. The fraction of sp³-hybridized carbons (Fsp3) is 0.278. The summed E-state index contributed by atoms with van der Waals surface area (Å²) in [6.07, 6.45) is 0. The highest BCUT2D eigenvalue weighted by atomic mass is 35.5. The van der Waals surface area contributed by atoms with Gasteiger partial charge in [-0.25, -0.2) is 16.8 Å². The normalized spacial score (nSPS) is 22.4. The Bertz CT molecular complexity index is 1290. The highest BCUT2D eigenvalue weighted by molar-refractivity contribution is 7.92. The van der Waals surface area contributed by atoms with Crippen LogP contribution in [-0.2, 0) is 19.9 Å². The Morgan fingerprint density at radius 2 is 1.77 bits per heavy atom. The molecule has 1 heterocycles. The van der Waals surface area contributed by atoms with Crippen LogP contribution in [0.2, 0.25) is 15.1 Å². The maximum atomic E-state index is 13.2. The largest absolute Gasteiger partial charge is 0.393 e. The molecule has 0 saturated carbocycles. The third kappa shape index (κ3) is 4.29. The highest BCUT2D eigenvalue weighted by Gasteiger charge is 2.55. The summed E-state index contributed by atoms with van der Waals surface area (Å²) in [7, 11) is -8.71. The molecule has 2 aromatic rings. The molecular weight excluding hydrogens is 511 g/mol. The van der Waals surface area contributed by atoms with Gasteiger partial charge < -0.3 is 10.2 Å². The van der Waals surface area contributed by atoms with Crippen molar-refractivity contribution in [3.8, 4) is 6.07 Å². The van der Waals surface area contributed by atoms with E-state index in [4.69, 9.17) is 40.1 Å². The van der Waals surface area contributed by atoms with Crippen LogP contribution in [0, 0.1) is 11.3 Å². The van der Waals surface area contributed by atoms with Crippen molar-refractivity contribution in [1.82, 2.24) is 4.31 Å². The summed E-state index contributed by atoms with van der Waals surface area (Å²) >= 11 is 17.7. The van der Waals surface area contributed by atoms with Gasteiger partial charge in [-0.05, 0) is 36.4 Å². The molecule has 2 atom stereocenters. The quantitative estimate of drug-likeness (QED) is 0.610. The van der Waals surface area contributed by atoms with E-state index in [1.165, 1.54) is 18.2 Å². The first-order chi connectivity index (χ1) is 14.4. The topological polar surface area (TPSA) is 136 Å². The minimum absolute atomic E-state index is 0.0341. The van der Waals surface area contributed by atoms with E-state index in [1.807, 2.05) is 0 Å². The Labute approximate surface area is 194 Å². The van der Waals surface area contributed by atoms with Gasteiger partial charge in [0.15, 0.2) is 9.84 Å². The summed E-state index contributed by atoms with van der Waals surface area (Å²) in [6.45, 7) is -2.35. The Balaban J connectivity index is 2.06. The summed E-state index contributed by atoms with van der Waals surface area (Å²) in [5, 5.41) is 28.1. The molecule has 0 aromatic heterocycles. The van der Waals surface area contributed by atoms with E-state index in [-0.39, 0.29) is 30.4 Å². The summed E-state index contributed by atoms with van der Waals surface area (Å²) < 4.78 is 53.3. The van der Waals surface area contributed by atoms with Crippen molar-refractivity contribution in [2.75, 3.05) is 19.7 Å². The van der Waals surface area contributed by atoms with Crippen molar-refractivity contribution in [1.29, 1.82) is 5.26 Å². The average Bonchev–Trinajstić information content (AvgIpc) is 3.08. The maximum absolute atomic E-state index is 13.2. The molecule has 3 rings (SSSR count). The zero-order valence-corrected chi connectivity index (χ0v) is 19.4. The van der Waals surface area contributed by atoms with Gasteiger partial charge >= 0.3 is 0 Å². The second-order valence-corrected chi connectivity index (χ2v) is 12.2. The van der Waals surface area contributed by atoms with Crippen molar-refractivity contribution in [2.24, 2.45) is 0 Å².